The Labute approximate surface area is 108 Å². The van der Waals surface area contributed by atoms with Gasteiger partial charge in [0.15, 0.2) is 5.82 Å². The molecule has 0 spiro atoms. The lowest BCUT2D eigenvalue weighted by Gasteiger charge is -2.12. The Bertz CT molecular complexity index is 358. The Morgan fingerprint density at radius 1 is 1.28 bits per heavy atom. The van der Waals surface area contributed by atoms with Crippen LogP contribution in [0.15, 0.2) is 6.33 Å². The topological polar surface area (TPSA) is 65.5 Å². The second-order valence-electron chi connectivity index (χ2n) is 4.13. The van der Waals surface area contributed by atoms with Crippen molar-refractivity contribution in [1.82, 2.24) is 9.97 Å². The lowest BCUT2D eigenvalue weighted by atomic mass is 10.2. The van der Waals surface area contributed by atoms with Gasteiger partial charge in [-0.15, -0.1) is 0 Å². The summed E-state index contributed by atoms with van der Waals surface area (Å²) in [5, 5.41) is 2.92. The van der Waals surface area contributed by atoms with E-state index < -0.39 is 0 Å². The maximum absolute atomic E-state index is 5.51. The van der Waals surface area contributed by atoms with Gasteiger partial charge in [-0.1, -0.05) is 13.8 Å². The third kappa shape index (κ3) is 4.37. The van der Waals surface area contributed by atoms with Gasteiger partial charge in [0.1, 0.15) is 12.9 Å². The molecule has 0 fully saturated rings. The molecule has 0 radical (unpaired) electrons. The molecular weight excluding hydrogens is 234 g/mol. The summed E-state index contributed by atoms with van der Waals surface area (Å²) in [7, 11) is 3.32. The minimum atomic E-state index is 0.421. The molecule has 0 unspecified atom stereocenters. The third-order valence-electron chi connectivity index (χ3n) is 2.13. The normalized spacial score (nSPS) is 10.5. The molecule has 1 rings (SSSR count). The summed E-state index contributed by atoms with van der Waals surface area (Å²) >= 11 is 0. The first-order valence-electron chi connectivity index (χ1n) is 5.96. The van der Waals surface area contributed by atoms with Crippen LogP contribution in [0.5, 0.6) is 11.6 Å². The van der Waals surface area contributed by atoms with E-state index in [9.17, 15) is 0 Å². The number of rotatable bonds is 8. The SMILES string of the molecule is CNc1ncnc(OCCOCC(C)C)c1OC. The number of hydrogen-bond acceptors (Lipinski definition) is 6. The Hall–Kier alpha value is -1.56. The number of methoxy groups -OCH3 is 1. The molecule has 1 aromatic heterocycles. The van der Waals surface area contributed by atoms with Crippen molar-refractivity contribution in [2.75, 3.05) is 39.3 Å². The molecule has 1 aromatic rings. The molecule has 0 amide bonds. The lowest BCUT2D eigenvalue weighted by Crippen LogP contribution is -2.11. The summed E-state index contributed by atoms with van der Waals surface area (Å²) in [4.78, 5) is 8.07. The molecule has 0 aliphatic rings. The van der Waals surface area contributed by atoms with Crippen LogP contribution in [0.25, 0.3) is 0 Å². The second-order valence-corrected chi connectivity index (χ2v) is 4.13. The molecule has 1 heterocycles. The van der Waals surface area contributed by atoms with Crippen LogP contribution in [0.2, 0.25) is 0 Å². The van der Waals surface area contributed by atoms with Gasteiger partial charge >= 0.3 is 0 Å². The summed E-state index contributed by atoms with van der Waals surface area (Å²) in [6.45, 7) is 5.90. The molecule has 0 aliphatic carbocycles. The zero-order valence-electron chi connectivity index (χ0n) is 11.4. The zero-order chi connectivity index (χ0) is 13.4. The number of ether oxygens (including phenoxy) is 3. The highest BCUT2D eigenvalue weighted by Crippen LogP contribution is 2.30. The number of nitrogens with zero attached hydrogens (tertiary/aromatic N) is 2. The van der Waals surface area contributed by atoms with Crippen LogP contribution in [0.3, 0.4) is 0 Å². The lowest BCUT2D eigenvalue weighted by molar-refractivity contribution is 0.0796. The van der Waals surface area contributed by atoms with Crippen LogP contribution >= 0.6 is 0 Å². The van der Waals surface area contributed by atoms with E-state index in [1.807, 2.05) is 0 Å². The maximum Gasteiger partial charge on any atom is 0.262 e. The molecule has 0 aliphatic heterocycles. The smallest absolute Gasteiger partial charge is 0.262 e. The summed E-state index contributed by atoms with van der Waals surface area (Å²) in [5.74, 6) is 2.05. The van der Waals surface area contributed by atoms with Crippen molar-refractivity contribution in [2.24, 2.45) is 5.92 Å². The molecule has 102 valence electrons. The summed E-state index contributed by atoms with van der Waals surface area (Å²) in [6.07, 6.45) is 1.43. The Kier molecular flexibility index (Phi) is 6.21. The van der Waals surface area contributed by atoms with E-state index in [1.165, 1.54) is 6.33 Å². The average Bonchev–Trinajstić information content (AvgIpc) is 2.37. The minimum absolute atomic E-state index is 0.421. The molecule has 0 aromatic carbocycles. The van der Waals surface area contributed by atoms with Crippen LogP contribution in [-0.2, 0) is 4.74 Å². The molecule has 6 heteroatoms. The number of nitrogens with one attached hydrogen (secondary N) is 1. The quantitative estimate of drug-likeness (QED) is 0.711. The fourth-order valence-electron chi connectivity index (χ4n) is 1.34. The summed E-state index contributed by atoms with van der Waals surface area (Å²) in [5.41, 5.74) is 0. The van der Waals surface area contributed by atoms with Crippen LogP contribution in [0, 0.1) is 5.92 Å². The maximum atomic E-state index is 5.51. The van der Waals surface area contributed by atoms with Gasteiger partial charge in [-0.2, -0.15) is 4.98 Å². The first kappa shape index (κ1) is 14.5. The minimum Gasteiger partial charge on any atom is -0.489 e. The Morgan fingerprint density at radius 3 is 2.67 bits per heavy atom. The van der Waals surface area contributed by atoms with E-state index in [0.717, 1.165) is 6.61 Å². The van der Waals surface area contributed by atoms with Crippen molar-refractivity contribution in [3.63, 3.8) is 0 Å². The van der Waals surface area contributed by atoms with Gasteiger partial charge in [-0.05, 0) is 5.92 Å². The van der Waals surface area contributed by atoms with E-state index in [4.69, 9.17) is 14.2 Å². The van der Waals surface area contributed by atoms with Gasteiger partial charge in [0.05, 0.1) is 13.7 Å². The Morgan fingerprint density at radius 2 is 2.06 bits per heavy atom. The standard InChI is InChI=1S/C12H21N3O3/c1-9(2)7-17-5-6-18-12-10(16-4)11(13-3)14-8-15-12/h8-9H,5-7H2,1-4H3,(H,13,14,15). The monoisotopic (exact) mass is 255 g/mol. The third-order valence-corrected chi connectivity index (χ3v) is 2.13. The number of aromatic nitrogens is 2. The first-order chi connectivity index (χ1) is 8.69. The number of anilines is 1. The van der Waals surface area contributed by atoms with Gasteiger partial charge in [0.25, 0.3) is 5.88 Å². The van der Waals surface area contributed by atoms with E-state index in [-0.39, 0.29) is 0 Å². The van der Waals surface area contributed by atoms with Crippen LogP contribution in [-0.4, -0.2) is 43.9 Å². The van der Waals surface area contributed by atoms with E-state index in [2.05, 4.69) is 29.1 Å². The predicted octanol–water partition coefficient (Wildman–Crippen LogP) is 1.58. The highest BCUT2D eigenvalue weighted by Gasteiger charge is 2.11. The van der Waals surface area contributed by atoms with E-state index >= 15 is 0 Å². The Balaban J connectivity index is 2.46. The molecule has 6 nitrogen and oxygen atoms in total. The van der Waals surface area contributed by atoms with Crippen molar-refractivity contribution in [3.05, 3.63) is 6.33 Å². The summed E-state index contributed by atoms with van der Waals surface area (Å²) in [6, 6.07) is 0. The van der Waals surface area contributed by atoms with Gasteiger partial charge in [0.2, 0.25) is 5.75 Å². The summed E-state index contributed by atoms with van der Waals surface area (Å²) < 4.78 is 16.1. The average molecular weight is 255 g/mol. The van der Waals surface area contributed by atoms with Gasteiger partial charge in [0, 0.05) is 13.7 Å². The van der Waals surface area contributed by atoms with Crippen molar-refractivity contribution < 1.29 is 14.2 Å². The van der Waals surface area contributed by atoms with Crippen LogP contribution in [0.1, 0.15) is 13.8 Å². The van der Waals surface area contributed by atoms with Crippen LogP contribution in [0.4, 0.5) is 5.82 Å². The highest BCUT2D eigenvalue weighted by molar-refractivity contribution is 5.54. The molecule has 0 saturated carbocycles. The number of hydrogen-bond donors (Lipinski definition) is 1. The van der Waals surface area contributed by atoms with Gasteiger partial charge in [-0.3, -0.25) is 0 Å². The largest absolute Gasteiger partial charge is 0.489 e. The highest BCUT2D eigenvalue weighted by atomic mass is 16.5. The zero-order valence-corrected chi connectivity index (χ0v) is 11.4. The molecule has 18 heavy (non-hydrogen) atoms. The van der Waals surface area contributed by atoms with Crippen LogP contribution < -0.4 is 14.8 Å². The van der Waals surface area contributed by atoms with Crippen molar-refractivity contribution >= 4 is 5.82 Å². The first-order valence-corrected chi connectivity index (χ1v) is 5.96. The van der Waals surface area contributed by atoms with E-state index in [1.54, 1.807) is 14.2 Å². The second kappa shape index (κ2) is 7.71. The fourth-order valence-corrected chi connectivity index (χ4v) is 1.34. The van der Waals surface area contributed by atoms with Crippen molar-refractivity contribution in [2.45, 2.75) is 13.8 Å². The van der Waals surface area contributed by atoms with E-state index in [0.29, 0.717) is 36.6 Å². The fraction of sp³-hybridized carbons (Fsp3) is 0.667. The molecule has 0 atom stereocenters. The predicted molar refractivity (Wildman–Crippen MR) is 69.3 cm³/mol. The van der Waals surface area contributed by atoms with Crippen molar-refractivity contribution in [1.29, 1.82) is 0 Å². The van der Waals surface area contributed by atoms with Crippen molar-refractivity contribution in [3.8, 4) is 11.6 Å². The van der Waals surface area contributed by atoms with Gasteiger partial charge < -0.3 is 19.5 Å². The molecule has 0 saturated heterocycles. The molecule has 0 bridgehead atoms. The van der Waals surface area contributed by atoms with Gasteiger partial charge in [-0.25, -0.2) is 4.98 Å². The molecular formula is C12H21N3O3. The molecule has 1 N–H and O–H groups in total.